The van der Waals surface area contributed by atoms with Crippen LogP contribution in [0.3, 0.4) is 0 Å². The molecule has 0 aliphatic carbocycles. The average molecular weight is 146 g/mol. The molecular weight excluding hydrogens is 127 g/mol. The Labute approximate surface area is 61.1 Å². The van der Waals surface area contributed by atoms with Gasteiger partial charge in [0.15, 0.2) is 0 Å². The van der Waals surface area contributed by atoms with E-state index in [1.165, 1.54) is 18.5 Å². The summed E-state index contributed by atoms with van der Waals surface area (Å²) in [5.41, 5.74) is 0. The van der Waals surface area contributed by atoms with Gasteiger partial charge in [0.2, 0.25) is 0 Å². The molecule has 0 amide bonds. The lowest BCUT2D eigenvalue weighted by Crippen LogP contribution is -1.83. The van der Waals surface area contributed by atoms with E-state index in [0.29, 0.717) is 7.92 Å². The van der Waals surface area contributed by atoms with E-state index in [-0.39, 0.29) is 0 Å². The molecule has 0 saturated carbocycles. The van der Waals surface area contributed by atoms with Gasteiger partial charge in [0, 0.05) is 0 Å². The molecule has 0 aliphatic heterocycles. The third-order valence-electron chi connectivity index (χ3n) is 1.34. The van der Waals surface area contributed by atoms with Gasteiger partial charge < -0.3 is 0 Å². The zero-order chi connectivity index (χ0) is 7.70. The van der Waals surface area contributed by atoms with Gasteiger partial charge in [-0.2, -0.15) is 0 Å². The second kappa shape index (κ2) is 11.0. The maximum atomic E-state index is 3.00. The molecule has 9 heavy (non-hydrogen) atoms. The smallest absolute Gasteiger partial charge is 0.0355 e. The van der Waals surface area contributed by atoms with Crippen LogP contribution < -0.4 is 0 Å². The largest absolute Gasteiger partial charge is 0.108 e. The molecule has 0 aliphatic rings. The number of hydrogen-bond acceptors (Lipinski definition) is 0. The van der Waals surface area contributed by atoms with Crippen molar-refractivity contribution in [2.75, 3.05) is 18.5 Å². The molecule has 0 unspecified atom stereocenters. The van der Waals surface area contributed by atoms with Gasteiger partial charge in [0.25, 0.3) is 0 Å². The molecule has 0 radical (unpaired) electrons. The molecule has 56 valence electrons. The number of hydrogen-bond donors (Lipinski definition) is 0. The van der Waals surface area contributed by atoms with Crippen molar-refractivity contribution in [2.24, 2.45) is 0 Å². The molecule has 0 heterocycles. The van der Waals surface area contributed by atoms with Crippen LogP contribution in [-0.2, 0) is 0 Å². The second-order valence-electron chi connectivity index (χ2n) is 1.62. The zero-order valence-electron chi connectivity index (χ0n) is 6.98. The Morgan fingerprint density at radius 1 is 0.889 bits per heavy atom. The Bertz CT molecular complexity index is 34.3. The van der Waals surface area contributed by atoms with Gasteiger partial charge in [-0.05, 0) is 18.5 Å². The van der Waals surface area contributed by atoms with Crippen LogP contribution in [0.15, 0.2) is 13.2 Å². The highest BCUT2D eigenvalue weighted by Crippen LogP contribution is 2.32. The summed E-state index contributed by atoms with van der Waals surface area (Å²) in [5.74, 6) is 0. The summed E-state index contributed by atoms with van der Waals surface area (Å²) in [6.07, 6.45) is 4.26. The van der Waals surface area contributed by atoms with Gasteiger partial charge in [0.1, 0.15) is 0 Å². The normalized spacial score (nSPS) is 8.44. The molecule has 0 saturated heterocycles. The van der Waals surface area contributed by atoms with Crippen LogP contribution in [0.1, 0.15) is 20.8 Å². The first-order valence-corrected chi connectivity index (χ1v) is 5.47. The third-order valence-corrected chi connectivity index (χ3v) is 4.02. The van der Waals surface area contributed by atoms with Crippen molar-refractivity contribution in [2.45, 2.75) is 20.8 Å². The summed E-state index contributed by atoms with van der Waals surface area (Å²) in [4.78, 5) is 0. The first-order chi connectivity index (χ1) is 4.35. The van der Waals surface area contributed by atoms with E-state index in [4.69, 9.17) is 0 Å². The van der Waals surface area contributed by atoms with Gasteiger partial charge in [-0.25, -0.2) is 0 Å². The summed E-state index contributed by atoms with van der Waals surface area (Å²) >= 11 is 0. The van der Waals surface area contributed by atoms with Crippen molar-refractivity contribution in [3.05, 3.63) is 13.2 Å². The Morgan fingerprint density at radius 3 is 1.11 bits per heavy atom. The Balaban J connectivity index is 0. The fraction of sp³-hybridized carbons (Fsp3) is 0.750. The average Bonchev–Trinajstić information content (AvgIpc) is 1.96. The van der Waals surface area contributed by atoms with Gasteiger partial charge in [0.05, 0.1) is 0 Å². The number of rotatable bonds is 3. The van der Waals surface area contributed by atoms with E-state index in [0.717, 1.165) is 0 Å². The van der Waals surface area contributed by atoms with Gasteiger partial charge >= 0.3 is 0 Å². The SMILES string of the molecule is C=C.CCP(CC)CC. The van der Waals surface area contributed by atoms with E-state index in [1.807, 2.05) is 0 Å². The first kappa shape index (κ1) is 11.9. The summed E-state index contributed by atoms with van der Waals surface area (Å²) in [5, 5.41) is 0. The van der Waals surface area contributed by atoms with Gasteiger partial charge in [-0.1, -0.05) is 20.8 Å². The van der Waals surface area contributed by atoms with Crippen LogP contribution >= 0.6 is 7.92 Å². The van der Waals surface area contributed by atoms with E-state index in [9.17, 15) is 0 Å². The van der Waals surface area contributed by atoms with Crippen LogP contribution in [0.5, 0.6) is 0 Å². The van der Waals surface area contributed by atoms with Crippen LogP contribution in [-0.4, -0.2) is 18.5 Å². The summed E-state index contributed by atoms with van der Waals surface area (Å²) in [7, 11) is 0.446. The fourth-order valence-electron chi connectivity index (χ4n) is 0.671. The minimum Gasteiger partial charge on any atom is -0.108 e. The topological polar surface area (TPSA) is 0 Å². The lowest BCUT2D eigenvalue weighted by atomic mass is 10.9. The van der Waals surface area contributed by atoms with Crippen molar-refractivity contribution in [1.29, 1.82) is 0 Å². The maximum absolute atomic E-state index is 3.00. The highest BCUT2D eigenvalue weighted by molar-refractivity contribution is 7.57. The van der Waals surface area contributed by atoms with Crippen molar-refractivity contribution in [1.82, 2.24) is 0 Å². The Kier molecular flexibility index (Phi) is 14.6. The van der Waals surface area contributed by atoms with E-state index >= 15 is 0 Å². The molecule has 0 N–H and O–H groups in total. The Hall–Kier alpha value is 0.170. The highest BCUT2D eigenvalue weighted by Gasteiger charge is 1.94. The standard InChI is InChI=1S/C6H15P.C2H4/c1-4-7(5-2)6-3;1-2/h4-6H2,1-3H3;1-2H2. The molecule has 0 spiro atoms. The van der Waals surface area contributed by atoms with Crippen molar-refractivity contribution in [3.63, 3.8) is 0 Å². The van der Waals surface area contributed by atoms with Crippen molar-refractivity contribution < 1.29 is 0 Å². The maximum Gasteiger partial charge on any atom is -0.0355 e. The molecule has 0 rings (SSSR count). The van der Waals surface area contributed by atoms with E-state index < -0.39 is 0 Å². The third kappa shape index (κ3) is 8.17. The zero-order valence-corrected chi connectivity index (χ0v) is 7.88. The van der Waals surface area contributed by atoms with Crippen LogP contribution in [0, 0.1) is 0 Å². The van der Waals surface area contributed by atoms with Gasteiger partial charge in [-0.15, -0.1) is 21.1 Å². The predicted molar refractivity (Wildman–Crippen MR) is 49.8 cm³/mol. The highest BCUT2D eigenvalue weighted by atomic mass is 31.1. The predicted octanol–water partition coefficient (Wildman–Crippen LogP) is 3.33. The van der Waals surface area contributed by atoms with Crippen LogP contribution in [0.2, 0.25) is 0 Å². The quantitative estimate of drug-likeness (QED) is 0.423. The lowest BCUT2D eigenvalue weighted by Gasteiger charge is -2.07. The molecule has 0 fully saturated rings. The minimum atomic E-state index is 0.446. The summed E-state index contributed by atoms with van der Waals surface area (Å²) in [6.45, 7) is 12.9. The van der Waals surface area contributed by atoms with Gasteiger partial charge in [-0.3, -0.25) is 0 Å². The first-order valence-electron chi connectivity index (χ1n) is 3.57. The summed E-state index contributed by atoms with van der Waals surface area (Å²) < 4.78 is 0. The van der Waals surface area contributed by atoms with E-state index in [1.54, 1.807) is 0 Å². The summed E-state index contributed by atoms with van der Waals surface area (Å²) in [6, 6.07) is 0. The molecule has 0 aromatic rings. The van der Waals surface area contributed by atoms with E-state index in [2.05, 4.69) is 33.9 Å². The molecular formula is C8H19P. The van der Waals surface area contributed by atoms with Crippen molar-refractivity contribution in [3.8, 4) is 0 Å². The molecule has 0 aromatic heterocycles. The molecule has 0 bridgehead atoms. The van der Waals surface area contributed by atoms with Crippen LogP contribution in [0.4, 0.5) is 0 Å². The monoisotopic (exact) mass is 146 g/mol. The molecule has 0 atom stereocenters. The second-order valence-corrected chi connectivity index (χ2v) is 4.86. The minimum absolute atomic E-state index is 0.446. The van der Waals surface area contributed by atoms with Crippen molar-refractivity contribution >= 4 is 7.92 Å². The molecule has 1 heteroatoms. The molecule has 0 nitrogen and oxygen atoms in total. The lowest BCUT2D eigenvalue weighted by molar-refractivity contribution is 1.35. The van der Waals surface area contributed by atoms with Crippen LogP contribution in [0.25, 0.3) is 0 Å². The Morgan fingerprint density at radius 2 is 1.11 bits per heavy atom. The fourth-order valence-corrected chi connectivity index (χ4v) is 2.01. The molecule has 0 aromatic carbocycles.